The fraction of sp³-hybridized carbons (Fsp3) is 0.667. The van der Waals surface area contributed by atoms with Crippen LogP contribution in [0.25, 0.3) is 0 Å². The van der Waals surface area contributed by atoms with Gasteiger partial charge >= 0.3 is 11.9 Å². The van der Waals surface area contributed by atoms with Crippen LogP contribution in [-0.2, 0) is 19.1 Å². The minimum absolute atomic E-state index is 0.253. The lowest BCUT2D eigenvalue weighted by molar-refractivity contribution is -0.141. The van der Waals surface area contributed by atoms with Crippen LogP contribution in [0.3, 0.4) is 0 Å². The maximum absolute atomic E-state index is 10.8. The normalized spacial score (nSPS) is 9.38. The topological polar surface area (TPSA) is 52.6 Å². The molecule has 0 aliphatic carbocycles. The van der Waals surface area contributed by atoms with Crippen molar-refractivity contribution in [1.82, 2.24) is 0 Å². The highest BCUT2D eigenvalue weighted by molar-refractivity contribution is 5.78. The molecule has 0 aliphatic heterocycles. The third kappa shape index (κ3) is 7.31. The van der Waals surface area contributed by atoms with E-state index in [0.29, 0.717) is 25.9 Å². The molecule has 0 fully saturated rings. The first kappa shape index (κ1) is 11.9. The third-order valence-corrected chi connectivity index (χ3v) is 1.41. The molecule has 1 radical (unpaired) electrons. The summed E-state index contributed by atoms with van der Waals surface area (Å²) in [7, 11) is 1.34. The number of hydrogen-bond donors (Lipinski definition) is 0. The number of carbonyl (C=O) groups is 2. The molecule has 13 heavy (non-hydrogen) atoms. The second kappa shape index (κ2) is 7.58. The smallest absolute Gasteiger partial charge is 0.309 e. The van der Waals surface area contributed by atoms with E-state index in [4.69, 9.17) is 0 Å². The number of carbonyl (C=O) groups excluding carboxylic acids is 2. The molecule has 0 spiro atoms. The molecule has 4 nitrogen and oxygen atoms in total. The lowest BCUT2D eigenvalue weighted by Crippen LogP contribution is -2.05. The van der Waals surface area contributed by atoms with Gasteiger partial charge in [-0.25, -0.2) is 0 Å². The first-order valence-corrected chi connectivity index (χ1v) is 4.27. The lowest BCUT2D eigenvalue weighted by Gasteiger charge is -2.00. The Kier molecular flexibility index (Phi) is 6.96. The molecule has 0 unspecified atom stereocenters. The molecule has 0 rings (SSSR count). The van der Waals surface area contributed by atoms with Gasteiger partial charge in [0.1, 0.15) is 0 Å². The number of esters is 2. The van der Waals surface area contributed by atoms with Crippen LogP contribution in [0.5, 0.6) is 0 Å². The van der Waals surface area contributed by atoms with Crippen molar-refractivity contribution >= 4 is 11.9 Å². The Morgan fingerprint density at radius 1 is 1.38 bits per heavy atom. The van der Waals surface area contributed by atoms with Gasteiger partial charge in [0.2, 0.25) is 0 Å². The van der Waals surface area contributed by atoms with Crippen LogP contribution in [0, 0.1) is 6.42 Å². The van der Waals surface area contributed by atoms with Crippen LogP contribution < -0.4 is 0 Å². The van der Waals surface area contributed by atoms with Crippen LogP contribution in [-0.4, -0.2) is 25.7 Å². The largest absolute Gasteiger partial charge is 0.469 e. The van der Waals surface area contributed by atoms with Crippen LogP contribution in [0.4, 0.5) is 0 Å². The van der Waals surface area contributed by atoms with Gasteiger partial charge in [-0.05, 0) is 19.8 Å². The highest BCUT2D eigenvalue weighted by atomic mass is 16.5. The Balaban J connectivity index is 3.25. The molecule has 0 N–H and O–H groups in total. The lowest BCUT2D eigenvalue weighted by atomic mass is 10.2. The molecule has 0 heterocycles. The molecular formula is C9H15O4. The summed E-state index contributed by atoms with van der Waals surface area (Å²) in [6.07, 6.45) is 2.94. The fourth-order valence-corrected chi connectivity index (χ4v) is 0.770. The Labute approximate surface area is 78.2 Å². The summed E-state index contributed by atoms with van der Waals surface area (Å²) in [4.78, 5) is 21.4. The van der Waals surface area contributed by atoms with E-state index >= 15 is 0 Å². The predicted octanol–water partition coefficient (Wildman–Crippen LogP) is 1.10. The molecule has 0 atom stereocenters. The number of methoxy groups -OCH3 is 1. The van der Waals surface area contributed by atoms with Gasteiger partial charge in [-0.2, -0.15) is 0 Å². The van der Waals surface area contributed by atoms with E-state index in [9.17, 15) is 9.59 Å². The highest BCUT2D eigenvalue weighted by Gasteiger charge is 2.03. The van der Waals surface area contributed by atoms with Crippen molar-refractivity contribution in [3.05, 3.63) is 6.42 Å². The second-order valence-electron chi connectivity index (χ2n) is 2.42. The molecule has 0 aliphatic rings. The first-order valence-electron chi connectivity index (χ1n) is 4.27. The van der Waals surface area contributed by atoms with Crippen LogP contribution in [0.2, 0.25) is 0 Å². The summed E-state index contributed by atoms with van der Waals surface area (Å²) in [6.45, 7) is 2.13. The summed E-state index contributed by atoms with van der Waals surface area (Å²) < 4.78 is 9.10. The number of unbranched alkanes of at least 4 members (excludes halogenated alkanes) is 1. The molecule has 0 amide bonds. The second-order valence-corrected chi connectivity index (χ2v) is 2.42. The van der Waals surface area contributed by atoms with Crippen molar-refractivity contribution in [2.75, 3.05) is 13.7 Å². The van der Waals surface area contributed by atoms with Crippen LogP contribution in [0.15, 0.2) is 0 Å². The van der Waals surface area contributed by atoms with Crippen molar-refractivity contribution in [3.63, 3.8) is 0 Å². The van der Waals surface area contributed by atoms with E-state index in [2.05, 4.69) is 9.47 Å². The molecule has 0 aromatic heterocycles. The van der Waals surface area contributed by atoms with E-state index in [-0.39, 0.29) is 11.9 Å². The monoisotopic (exact) mass is 187 g/mol. The Morgan fingerprint density at radius 3 is 2.62 bits per heavy atom. The molecule has 0 bridgehead atoms. The minimum atomic E-state index is -0.327. The van der Waals surface area contributed by atoms with E-state index in [1.165, 1.54) is 13.5 Å². The predicted molar refractivity (Wildman–Crippen MR) is 46.8 cm³/mol. The molecule has 0 aromatic rings. The van der Waals surface area contributed by atoms with Crippen LogP contribution in [0.1, 0.15) is 26.2 Å². The zero-order chi connectivity index (χ0) is 10.1. The van der Waals surface area contributed by atoms with E-state index in [1.807, 2.05) is 0 Å². The van der Waals surface area contributed by atoms with Gasteiger partial charge in [-0.1, -0.05) is 0 Å². The molecule has 75 valence electrons. The van der Waals surface area contributed by atoms with Crippen LogP contribution >= 0.6 is 0 Å². The quantitative estimate of drug-likeness (QED) is 0.461. The molecule has 4 heteroatoms. The number of rotatable bonds is 6. The molecule has 0 saturated carbocycles. The standard InChI is InChI=1S/C9H15O4/c1-3-13-9(11)7-5-4-6-8(10)12-2/h7H,3-6H2,1-2H3. The Hall–Kier alpha value is -1.06. The zero-order valence-electron chi connectivity index (χ0n) is 8.04. The minimum Gasteiger partial charge on any atom is -0.469 e. The fourth-order valence-electron chi connectivity index (χ4n) is 0.770. The summed E-state index contributed by atoms with van der Waals surface area (Å²) in [5, 5.41) is 0. The Bertz CT molecular complexity index is 165. The molecular weight excluding hydrogens is 172 g/mol. The van der Waals surface area contributed by atoms with Gasteiger partial charge in [0.15, 0.2) is 0 Å². The number of hydrogen-bond acceptors (Lipinski definition) is 4. The maximum atomic E-state index is 10.8. The average molecular weight is 187 g/mol. The summed E-state index contributed by atoms with van der Waals surface area (Å²) in [5.41, 5.74) is 0. The summed E-state index contributed by atoms with van der Waals surface area (Å²) in [6, 6.07) is 0. The summed E-state index contributed by atoms with van der Waals surface area (Å²) >= 11 is 0. The van der Waals surface area contributed by atoms with Crippen molar-refractivity contribution in [2.45, 2.75) is 26.2 Å². The van der Waals surface area contributed by atoms with Crippen molar-refractivity contribution in [1.29, 1.82) is 0 Å². The van der Waals surface area contributed by atoms with Crippen molar-refractivity contribution in [2.24, 2.45) is 0 Å². The third-order valence-electron chi connectivity index (χ3n) is 1.41. The summed E-state index contributed by atoms with van der Waals surface area (Å²) in [5.74, 6) is -0.579. The van der Waals surface area contributed by atoms with Gasteiger partial charge < -0.3 is 9.47 Å². The first-order chi connectivity index (χ1) is 6.20. The van der Waals surface area contributed by atoms with E-state index < -0.39 is 0 Å². The molecule has 0 saturated heterocycles. The van der Waals surface area contributed by atoms with Crippen molar-refractivity contribution in [3.8, 4) is 0 Å². The van der Waals surface area contributed by atoms with Gasteiger partial charge in [0, 0.05) is 6.42 Å². The van der Waals surface area contributed by atoms with E-state index in [0.717, 1.165) is 0 Å². The SMILES string of the molecule is CCOC(=O)[CH]CCCC(=O)OC. The Morgan fingerprint density at radius 2 is 2.08 bits per heavy atom. The van der Waals surface area contributed by atoms with Gasteiger partial charge in [-0.3, -0.25) is 9.59 Å². The number of ether oxygens (including phenoxy) is 2. The van der Waals surface area contributed by atoms with Gasteiger partial charge in [-0.15, -0.1) is 0 Å². The van der Waals surface area contributed by atoms with E-state index in [1.54, 1.807) is 6.92 Å². The van der Waals surface area contributed by atoms with Gasteiger partial charge in [0.05, 0.1) is 20.1 Å². The highest BCUT2D eigenvalue weighted by Crippen LogP contribution is 2.01. The molecule has 0 aromatic carbocycles. The van der Waals surface area contributed by atoms with Crippen molar-refractivity contribution < 1.29 is 19.1 Å². The van der Waals surface area contributed by atoms with Gasteiger partial charge in [0.25, 0.3) is 0 Å². The zero-order valence-corrected chi connectivity index (χ0v) is 8.04. The average Bonchev–Trinajstić information content (AvgIpc) is 2.12. The maximum Gasteiger partial charge on any atom is 0.309 e.